The number of alkyl halides is 1. The van der Waals surface area contributed by atoms with E-state index in [-0.39, 0.29) is 17.8 Å². The highest BCUT2D eigenvalue weighted by molar-refractivity contribution is 5.73. The summed E-state index contributed by atoms with van der Waals surface area (Å²) in [4.78, 5) is 6.17. The quantitative estimate of drug-likeness (QED) is 0.623. The molecule has 3 N–H and O–H groups in total. The van der Waals surface area contributed by atoms with E-state index < -0.39 is 6.17 Å². The van der Waals surface area contributed by atoms with Crippen molar-refractivity contribution in [2.45, 2.75) is 43.6 Å². The summed E-state index contributed by atoms with van der Waals surface area (Å²) in [5.74, 6) is 0.469. The van der Waals surface area contributed by atoms with Crippen LogP contribution in [0.4, 0.5) is 10.3 Å². The fraction of sp³-hybridized carbons (Fsp3) is 0.400. The summed E-state index contributed by atoms with van der Waals surface area (Å²) in [6.45, 7) is 0. The molecule has 0 aliphatic carbocycles. The van der Waals surface area contributed by atoms with Crippen molar-refractivity contribution in [2.24, 2.45) is 0 Å². The molecule has 2 fully saturated rings. The van der Waals surface area contributed by atoms with Crippen molar-refractivity contribution in [3.8, 4) is 28.1 Å². The Labute approximate surface area is 167 Å². The predicted octanol–water partition coefficient (Wildman–Crippen LogP) is 2.30. The summed E-state index contributed by atoms with van der Waals surface area (Å²) in [5.41, 5.74) is 2.71. The Kier molecular flexibility index (Phi) is 4.39. The van der Waals surface area contributed by atoms with E-state index in [0.717, 1.165) is 30.4 Å². The first kappa shape index (κ1) is 18.0. The van der Waals surface area contributed by atoms with Gasteiger partial charge in [0, 0.05) is 36.5 Å². The van der Waals surface area contributed by atoms with Gasteiger partial charge in [0.15, 0.2) is 0 Å². The topological polar surface area (TPSA) is 103 Å². The summed E-state index contributed by atoms with van der Waals surface area (Å²) in [6, 6.07) is 5.32. The number of nitrogens with one attached hydrogen (secondary N) is 2. The van der Waals surface area contributed by atoms with Gasteiger partial charge in [0.05, 0.1) is 18.4 Å². The van der Waals surface area contributed by atoms with Crippen LogP contribution in [0.25, 0.3) is 22.4 Å². The van der Waals surface area contributed by atoms with Gasteiger partial charge < -0.3 is 15.3 Å². The lowest BCUT2D eigenvalue weighted by atomic mass is 9.97. The van der Waals surface area contributed by atoms with Gasteiger partial charge in [-0.05, 0) is 37.0 Å². The number of rotatable bonds is 4. The molecule has 0 radical (unpaired) electrons. The second kappa shape index (κ2) is 7.07. The predicted molar refractivity (Wildman–Crippen MR) is 106 cm³/mol. The molecule has 2 saturated heterocycles. The van der Waals surface area contributed by atoms with Crippen LogP contribution >= 0.6 is 0 Å². The molecule has 2 aliphatic heterocycles. The van der Waals surface area contributed by atoms with Crippen LogP contribution in [0.3, 0.4) is 0 Å². The van der Waals surface area contributed by atoms with E-state index in [1.165, 1.54) is 0 Å². The maximum Gasteiger partial charge on any atom is 0.245 e. The highest BCUT2D eigenvalue weighted by Gasteiger charge is 2.44. The fourth-order valence-electron chi connectivity index (χ4n) is 4.39. The first-order valence-electron chi connectivity index (χ1n) is 9.75. The molecule has 29 heavy (non-hydrogen) atoms. The lowest BCUT2D eigenvalue weighted by Gasteiger charge is -2.38. The summed E-state index contributed by atoms with van der Waals surface area (Å²) >= 11 is 0. The average molecular weight is 395 g/mol. The van der Waals surface area contributed by atoms with Crippen LogP contribution in [0.5, 0.6) is 5.75 Å². The Morgan fingerprint density at radius 2 is 2.07 bits per heavy atom. The van der Waals surface area contributed by atoms with E-state index in [9.17, 15) is 9.50 Å². The smallest absolute Gasteiger partial charge is 0.245 e. The van der Waals surface area contributed by atoms with Crippen LogP contribution in [0, 0.1) is 0 Å². The number of halogens is 1. The molecule has 2 bridgehead atoms. The highest BCUT2D eigenvalue weighted by atomic mass is 19.1. The van der Waals surface area contributed by atoms with Gasteiger partial charge in [0.1, 0.15) is 17.6 Å². The number of aromatic amines is 1. The molecule has 8 nitrogen and oxygen atoms in total. The number of phenols is 1. The highest BCUT2D eigenvalue weighted by Crippen LogP contribution is 2.34. The Morgan fingerprint density at radius 1 is 1.17 bits per heavy atom. The summed E-state index contributed by atoms with van der Waals surface area (Å²) in [7, 11) is 1.82. The molecule has 0 unspecified atom stereocenters. The molecular formula is C20H22FN7O. The largest absolute Gasteiger partial charge is 0.507 e. The number of hydrogen-bond donors (Lipinski definition) is 3. The molecule has 3 aromatic rings. The molecule has 2 aliphatic rings. The Hall–Kier alpha value is -3.07. The van der Waals surface area contributed by atoms with Crippen molar-refractivity contribution < 1.29 is 9.50 Å². The fourth-order valence-corrected chi connectivity index (χ4v) is 4.39. The maximum absolute atomic E-state index is 14.8. The minimum absolute atomic E-state index is 0.0830. The molecule has 0 amide bonds. The molecule has 4 heterocycles. The number of nitrogens with zero attached hydrogens (tertiary/aromatic N) is 5. The van der Waals surface area contributed by atoms with Crippen LogP contribution in [0.2, 0.25) is 0 Å². The minimum Gasteiger partial charge on any atom is -0.507 e. The third-order valence-electron chi connectivity index (χ3n) is 6.02. The minimum atomic E-state index is -0.957. The lowest BCUT2D eigenvalue weighted by Crippen LogP contribution is -2.55. The molecular weight excluding hydrogens is 373 g/mol. The lowest BCUT2D eigenvalue weighted by molar-refractivity contribution is 0.175. The van der Waals surface area contributed by atoms with Crippen molar-refractivity contribution in [2.75, 3.05) is 11.9 Å². The Balaban J connectivity index is 1.36. The van der Waals surface area contributed by atoms with E-state index in [1.54, 1.807) is 35.6 Å². The molecule has 2 aromatic heterocycles. The Bertz CT molecular complexity index is 995. The van der Waals surface area contributed by atoms with Gasteiger partial charge in [-0.15, -0.1) is 10.2 Å². The standard InChI is InChI=1S/C20H22FN7O/c1-28(17-7-13-3-5-15(25-13)19(17)21)20-22-10-16(26-27-20)14-4-2-11(6-18(14)29)12-8-23-24-9-12/h2,4,6,8-10,13,15,17,19,25,29H,3,5,7H2,1H3,(H,23,24)/t13-,15+,17-,19+/m1/s1. The molecule has 0 spiro atoms. The molecule has 4 atom stereocenters. The second-order valence-electron chi connectivity index (χ2n) is 7.77. The number of fused-ring (bicyclic) bond motifs is 2. The molecule has 150 valence electrons. The summed E-state index contributed by atoms with van der Waals surface area (Å²) < 4.78 is 14.8. The van der Waals surface area contributed by atoms with Crippen LogP contribution in [0.1, 0.15) is 19.3 Å². The number of aromatic nitrogens is 5. The van der Waals surface area contributed by atoms with Gasteiger partial charge in [0.2, 0.25) is 5.95 Å². The van der Waals surface area contributed by atoms with Crippen molar-refractivity contribution >= 4 is 5.95 Å². The van der Waals surface area contributed by atoms with Gasteiger partial charge in [-0.2, -0.15) is 5.10 Å². The van der Waals surface area contributed by atoms with Crippen LogP contribution < -0.4 is 10.2 Å². The molecule has 9 heteroatoms. The zero-order valence-corrected chi connectivity index (χ0v) is 16.0. The van der Waals surface area contributed by atoms with E-state index in [2.05, 4.69) is 30.7 Å². The first-order valence-corrected chi connectivity index (χ1v) is 9.75. The number of aromatic hydroxyl groups is 1. The number of hydrogen-bond acceptors (Lipinski definition) is 7. The van der Waals surface area contributed by atoms with Gasteiger partial charge in [-0.1, -0.05) is 6.07 Å². The van der Waals surface area contributed by atoms with Crippen molar-refractivity contribution in [3.63, 3.8) is 0 Å². The third-order valence-corrected chi connectivity index (χ3v) is 6.02. The third kappa shape index (κ3) is 3.21. The maximum atomic E-state index is 14.8. The summed E-state index contributed by atoms with van der Waals surface area (Å²) in [5, 5.41) is 28.9. The van der Waals surface area contributed by atoms with Gasteiger partial charge in [-0.3, -0.25) is 5.10 Å². The first-order chi connectivity index (χ1) is 14.1. The van der Waals surface area contributed by atoms with Crippen molar-refractivity contribution in [1.29, 1.82) is 0 Å². The summed E-state index contributed by atoms with van der Waals surface area (Å²) in [6.07, 6.45) is 6.67. The number of phenolic OH excluding ortho intramolecular Hbond substituents is 1. The molecule has 0 saturated carbocycles. The average Bonchev–Trinajstić information content (AvgIpc) is 3.41. The van der Waals surface area contributed by atoms with Crippen molar-refractivity contribution in [1.82, 2.24) is 30.7 Å². The van der Waals surface area contributed by atoms with E-state index in [1.807, 2.05) is 13.1 Å². The monoisotopic (exact) mass is 395 g/mol. The second-order valence-corrected chi connectivity index (χ2v) is 7.77. The zero-order chi connectivity index (χ0) is 20.0. The number of H-pyrrole nitrogens is 1. The zero-order valence-electron chi connectivity index (χ0n) is 16.0. The van der Waals surface area contributed by atoms with Gasteiger partial charge in [-0.25, -0.2) is 9.37 Å². The number of anilines is 1. The molecule has 5 rings (SSSR count). The van der Waals surface area contributed by atoms with E-state index >= 15 is 0 Å². The number of piperidine rings is 1. The van der Waals surface area contributed by atoms with Crippen LogP contribution in [-0.2, 0) is 0 Å². The molecule has 1 aromatic carbocycles. The van der Waals surface area contributed by atoms with E-state index in [4.69, 9.17) is 0 Å². The SMILES string of the molecule is CN(c1ncc(-c2ccc(-c3cn[nH]c3)cc2O)nn1)[C@@H]1C[C@H]2CC[C@H](N2)[C@@H]1F. The Morgan fingerprint density at radius 3 is 2.79 bits per heavy atom. The normalized spacial score (nSPS) is 25.9. The number of benzene rings is 1. The van der Waals surface area contributed by atoms with Gasteiger partial charge >= 0.3 is 0 Å². The van der Waals surface area contributed by atoms with E-state index in [0.29, 0.717) is 23.2 Å². The van der Waals surface area contributed by atoms with Crippen LogP contribution in [0.15, 0.2) is 36.8 Å². The van der Waals surface area contributed by atoms with Crippen molar-refractivity contribution in [3.05, 3.63) is 36.8 Å². The van der Waals surface area contributed by atoms with Crippen LogP contribution in [-0.4, -0.2) is 61.8 Å². The van der Waals surface area contributed by atoms with Gasteiger partial charge in [0.25, 0.3) is 0 Å².